The van der Waals surface area contributed by atoms with Gasteiger partial charge in [-0.05, 0) is 42.0 Å². The maximum atomic E-state index is 13.6. The number of rotatable bonds is 11. The fourth-order valence-electron chi connectivity index (χ4n) is 4.67. The SMILES string of the molecule is CC1O[C@H]([C@H](COCc2ccccc2)N(Cc2ccccc2)C(=O)OCc2ccccc2)CC[C@@H]1N=[N+]=[N-]. The van der Waals surface area contributed by atoms with E-state index in [-0.39, 0.29) is 31.5 Å². The van der Waals surface area contributed by atoms with Crippen LogP contribution in [0, 0.1) is 0 Å². The number of azide groups is 1. The quantitative estimate of drug-likeness (QED) is 0.162. The second-order valence-electron chi connectivity index (χ2n) is 9.45. The molecule has 8 heteroatoms. The number of carbonyl (C=O) groups is 1. The summed E-state index contributed by atoms with van der Waals surface area (Å²) in [5.41, 5.74) is 11.9. The Balaban J connectivity index is 1.56. The molecule has 0 N–H and O–H groups in total. The van der Waals surface area contributed by atoms with Crippen LogP contribution in [0.2, 0.25) is 0 Å². The van der Waals surface area contributed by atoms with Gasteiger partial charge in [-0.25, -0.2) is 4.79 Å². The third kappa shape index (κ3) is 7.83. The van der Waals surface area contributed by atoms with Crippen molar-refractivity contribution in [2.45, 2.75) is 63.8 Å². The van der Waals surface area contributed by atoms with Crippen molar-refractivity contribution in [3.05, 3.63) is 118 Å². The fourth-order valence-corrected chi connectivity index (χ4v) is 4.67. The molecular weight excluding hydrogens is 480 g/mol. The predicted octanol–water partition coefficient (Wildman–Crippen LogP) is 6.66. The Morgan fingerprint density at radius 1 is 0.947 bits per heavy atom. The van der Waals surface area contributed by atoms with E-state index in [1.807, 2.05) is 97.9 Å². The van der Waals surface area contributed by atoms with E-state index in [1.165, 1.54) is 0 Å². The summed E-state index contributed by atoms with van der Waals surface area (Å²) in [7, 11) is 0. The molecule has 198 valence electrons. The Labute approximate surface area is 223 Å². The third-order valence-corrected chi connectivity index (χ3v) is 6.74. The van der Waals surface area contributed by atoms with E-state index >= 15 is 0 Å². The van der Waals surface area contributed by atoms with E-state index in [2.05, 4.69) is 10.0 Å². The van der Waals surface area contributed by atoms with Gasteiger partial charge in [0.1, 0.15) is 6.61 Å². The maximum Gasteiger partial charge on any atom is 0.410 e. The van der Waals surface area contributed by atoms with Gasteiger partial charge in [0.15, 0.2) is 0 Å². The van der Waals surface area contributed by atoms with Crippen molar-refractivity contribution in [2.75, 3.05) is 6.61 Å². The van der Waals surface area contributed by atoms with Crippen LogP contribution in [0.5, 0.6) is 0 Å². The van der Waals surface area contributed by atoms with Crippen LogP contribution in [-0.2, 0) is 34.0 Å². The average Bonchev–Trinajstić information content (AvgIpc) is 2.96. The Bertz CT molecular complexity index is 1170. The molecule has 0 saturated carbocycles. The second-order valence-corrected chi connectivity index (χ2v) is 9.45. The Kier molecular flexibility index (Phi) is 10.2. The summed E-state index contributed by atoms with van der Waals surface area (Å²) in [6, 6.07) is 28.7. The monoisotopic (exact) mass is 514 g/mol. The van der Waals surface area contributed by atoms with Crippen molar-refractivity contribution < 1.29 is 19.0 Å². The summed E-state index contributed by atoms with van der Waals surface area (Å²) in [4.78, 5) is 18.3. The van der Waals surface area contributed by atoms with E-state index in [9.17, 15) is 4.79 Å². The van der Waals surface area contributed by atoms with Gasteiger partial charge in [-0.3, -0.25) is 4.90 Å². The normalized spacial score (nSPS) is 19.7. The lowest BCUT2D eigenvalue weighted by Crippen LogP contribution is -2.53. The number of hydrogen-bond donors (Lipinski definition) is 0. The minimum absolute atomic E-state index is 0.170. The van der Waals surface area contributed by atoms with Gasteiger partial charge in [0.25, 0.3) is 0 Å². The van der Waals surface area contributed by atoms with Gasteiger partial charge in [0, 0.05) is 11.5 Å². The number of nitrogens with zero attached hydrogens (tertiary/aromatic N) is 4. The van der Waals surface area contributed by atoms with Crippen molar-refractivity contribution >= 4 is 6.09 Å². The zero-order chi connectivity index (χ0) is 26.6. The largest absolute Gasteiger partial charge is 0.445 e. The molecule has 1 heterocycles. The molecule has 0 spiro atoms. The molecule has 0 bridgehead atoms. The highest BCUT2D eigenvalue weighted by atomic mass is 16.6. The molecule has 4 atom stereocenters. The summed E-state index contributed by atoms with van der Waals surface area (Å²) in [5.74, 6) is 0. The molecule has 1 aliphatic rings. The van der Waals surface area contributed by atoms with E-state index in [4.69, 9.17) is 19.7 Å². The molecule has 4 rings (SSSR count). The second kappa shape index (κ2) is 14.2. The van der Waals surface area contributed by atoms with Gasteiger partial charge in [0.2, 0.25) is 0 Å². The van der Waals surface area contributed by atoms with Gasteiger partial charge in [0.05, 0.1) is 37.5 Å². The van der Waals surface area contributed by atoms with E-state index < -0.39 is 12.1 Å². The van der Waals surface area contributed by atoms with E-state index in [0.29, 0.717) is 26.0 Å². The van der Waals surface area contributed by atoms with Gasteiger partial charge in [-0.1, -0.05) is 96.1 Å². The van der Waals surface area contributed by atoms with Gasteiger partial charge >= 0.3 is 6.09 Å². The lowest BCUT2D eigenvalue weighted by molar-refractivity contribution is -0.106. The topological polar surface area (TPSA) is 96.8 Å². The smallest absolute Gasteiger partial charge is 0.410 e. The van der Waals surface area contributed by atoms with Crippen molar-refractivity contribution in [1.82, 2.24) is 4.90 Å². The molecule has 3 aromatic carbocycles. The van der Waals surface area contributed by atoms with Crippen LogP contribution in [-0.4, -0.2) is 41.9 Å². The van der Waals surface area contributed by atoms with Crippen LogP contribution < -0.4 is 0 Å². The summed E-state index contributed by atoms with van der Waals surface area (Å²) in [6.07, 6.45) is 0.284. The number of carbonyl (C=O) groups excluding carboxylic acids is 1. The first-order valence-corrected chi connectivity index (χ1v) is 13.0. The fraction of sp³-hybridized carbons (Fsp3) is 0.367. The molecule has 1 unspecified atom stereocenters. The van der Waals surface area contributed by atoms with Crippen LogP contribution in [0.3, 0.4) is 0 Å². The summed E-state index contributed by atoms with van der Waals surface area (Å²) in [6.45, 7) is 3.11. The summed E-state index contributed by atoms with van der Waals surface area (Å²) < 4.78 is 18.3. The number of hydrogen-bond acceptors (Lipinski definition) is 5. The van der Waals surface area contributed by atoms with Crippen molar-refractivity contribution in [3.8, 4) is 0 Å². The Hall–Kier alpha value is -3.84. The first-order chi connectivity index (χ1) is 18.6. The molecule has 1 saturated heterocycles. The van der Waals surface area contributed by atoms with Crippen LogP contribution in [0.25, 0.3) is 10.4 Å². The minimum Gasteiger partial charge on any atom is -0.445 e. The molecule has 1 amide bonds. The van der Waals surface area contributed by atoms with Gasteiger partial charge in [-0.2, -0.15) is 0 Å². The molecule has 8 nitrogen and oxygen atoms in total. The first kappa shape index (κ1) is 27.2. The highest BCUT2D eigenvalue weighted by Crippen LogP contribution is 2.28. The minimum atomic E-state index is -0.431. The highest BCUT2D eigenvalue weighted by molar-refractivity contribution is 5.68. The third-order valence-electron chi connectivity index (χ3n) is 6.74. The molecule has 0 aliphatic carbocycles. The average molecular weight is 515 g/mol. The summed E-state index contributed by atoms with van der Waals surface area (Å²) in [5, 5.41) is 3.89. The lowest BCUT2D eigenvalue weighted by atomic mass is 9.95. The summed E-state index contributed by atoms with van der Waals surface area (Å²) >= 11 is 0. The zero-order valence-corrected chi connectivity index (χ0v) is 21.6. The van der Waals surface area contributed by atoms with Crippen molar-refractivity contribution in [2.24, 2.45) is 5.11 Å². The van der Waals surface area contributed by atoms with E-state index in [1.54, 1.807) is 4.90 Å². The van der Waals surface area contributed by atoms with Crippen molar-refractivity contribution in [3.63, 3.8) is 0 Å². The van der Waals surface area contributed by atoms with Crippen LogP contribution >= 0.6 is 0 Å². The lowest BCUT2D eigenvalue weighted by Gasteiger charge is -2.41. The molecular formula is C30H34N4O4. The standard InChI is InChI=1S/C30H34N4O4/c1-23-27(32-33-31)17-18-29(38-23)28(22-36-20-25-13-7-3-8-14-25)34(19-24-11-5-2-6-12-24)30(35)37-21-26-15-9-4-10-16-26/h2-16,23,27-29H,17-22H2,1H3/t23?,27-,28-,29-/m0/s1. The van der Waals surface area contributed by atoms with Gasteiger partial charge in [-0.15, -0.1) is 0 Å². The maximum absolute atomic E-state index is 13.6. The van der Waals surface area contributed by atoms with E-state index in [0.717, 1.165) is 16.7 Å². The predicted molar refractivity (Wildman–Crippen MR) is 145 cm³/mol. The molecule has 38 heavy (non-hydrogen) atoms. The zero-order valence-electron chi connectivity index (χ0n) is 21.6. The number of amides is 1. The van der Waals surface area contributed by atoms with Gasteiger partial charge < -0.3 is 14.2 Å². The van der Waals surface area contributed by atoms with Crippen LogP contribution in [0.1, 0.15) is 36.5 Å². The first-order valence-electron chi connectivity index (χ1n) is 13.0. The van der Waals surface area contributed by atoms with Crippen LogP contribution in [0.4, 0.5) is 4.79 Å². The van der Waals surface area contributed by atoms with Crippen molar-refractivity contribution in [1.29, 1.82) is 0 Å². The Morgan fingerprint density at radius 3 is 2.11 bits per heavy atom. The van der Waals surface area contributed by atoms with Crippen LogP contribution in [0.15, 0.2) is 96.1 Å². The number of benzene rings is 3. The Morgan fingerprint density at radius 2 is 1.53 bits per heavy atom. The molecule has 0 radical (unpaired) electrons. The molecule has 3 aromatic rings. The molecule has 0 aromatic heterocycles. The number of ether oxygens (including phenoxy) is 3. The molecule has 1 fully saturated rings. The molecule has 1 aliphatic heterocycles. The highest BCUT2D eigenvalue weighted by Gasteiger charge is 2.38.